The molecule has 1 aromatic rings. The lowest BCUT2D eigenvalue weighted by Gasteiger charge is -2.39. The molecule has 0 atom stereocenters. The predicted molar refractivity (Wildman–Crippen MR) is 59.1 cm³/mol. The average molecular weight is 261 g/mol. The van der Waals surface area contributed by atoms with E-state index in [4.69, 9.17) is 16.7 Å². The highest BCUT2D eigenvalue weighted by atomic mass is 35.5. The molecule has 1 saturated carbocycles. The lowest BCUT2D eigenvalue weighted by Crippen LogP contribution is -2.41. The normalized spacial score (nSPS) is 27.6. The summed E-state index contributed by atoms with van der Waals surface area (Å²) in [5.74, 6) is -2.19. The number of alkyl halides is 2. The van der Waals surface area contributed by atoms with Crippen LogP contribution in [0, 0.1) is 11.7 Å². The summed E-state index contributed by atoms with van der Waals surface area (Å²) in [6.07, 6.45) is -0.190. The van der Waals surface area contributed by atoms with Crippen molar-refractivity contribution in [1.82, 2.24) is 0 Å². The summed E-state index contributed by atoms with van der Waals surface area (Å²) >= 11 is 5.50. The van der Waals surface area contributed by atoms with Crippen LogP contribution in [0.25, 0.3) is 0 Å². The van der Waals surface area contributed by atoms with Gasteiger partial charge >= 0.3 is 5.97 Å². The number of carbonyl (C=O) groups is 1. The van der Waals surface area contributed by atoms with Crippen LogP contribution in [0.4, 0.5) is 8.78 Å². The Kier molecular flexibility index (Phi) is 3.08. The fraction of sp³-hybridized carbons (Fsp3) is 0.417. The maximum Gasteiger partial charge on any atom is 0.306 e. The largest absolute Gasteiger partial charge is 0.481 e. The SMILES string of the molecule is O=C(O)C1CC(F)(c2ccc(CCl)c(F)c2)C1. The van der Waals surface area contributed by atoms with Gasteiger partial charge < -0.3 is 5.11 Å². The zero-order valence-corrected chi connectivity index (χ0v) is 9.68. The molecule has 92 valence electrons. The first-order chi connectivity index (χ1) is 7.96. The van der Waals surface area contributed by atoms with Crippen molar-refractivity contribution in [2.45, 2.75) is 24.4 Å². The molecule has 1 N–H and O–H groups in total. The minimum atomic E-state index is -1.71. The lowest BCUT2D eigenvalue weighted by atomic mass is 9.68. The van der Waals surface area contributed by atoms with Crippen LogP contribution >= 0.6 is 11.6 Å². The summed E-state index contributed by atoms with van der Waals surface area (Å²) in [4.78, 5) is 10.6. The Bertz CT molecular complexity index is 456. The van der Waals surface area contributed by atoms with Gasteiger partial charge in [-0.2, -0.15) is 0 Å². The van der Waals surface area contributed by atoms with Crippen molar-refractivity contribution in [1.29, 1.82) is 0 Å². The molecule has 0 spiro atoms. The standard InChI is InChI=1S/C12H11ClF2O2/c13-6-7-1-2-9(3-10(7)14)12(15)4-8(5-12)11(16)17/h1-3,8H,4-6H2,(H,16,17). The Morgan fingerprint density at radius 2 is 2.18 bits per heavy atom. The van der Waals surface area contributed by atoms with Crippen molar-refractivity contribution >= 4 is 17.6 Å². The van der Waals surface area contributed by atoms with Crippen molar-refractivity contribution in [3.8, 4) is 0 Å². The number of aliphatic carboxylic acids is 1. The van der Waals surface area contributed by atoms with Crippen LogP contribution in [0.1, 0.15) is 24.0 Å². The Hall–Kier alpha value is -1.16. The lowest BCUT2D eigenvalue weighted by molar-refractivity contribution is -0.152. The van der Waals surface area contributed by atoms with Crippen LogP contribution in [-0.4, -0.2) is 11.1 Å². The highest BCUT2D eigenvalue weighted by Crippen LogP contribution is 2.49. The zero-order valence-electron chi connectivity index (χ0n) is 8.92. The Morgan fingerprint density at radius 1 is 1.53 bits per heavy atom. The van der Waals surface area contributed by atoms with E-state index in [-0.39, 0.29) is 24.3 Å². The van der Waals surface area contributed by atoms with E-state index >= 15 is 0 Å². The molecule has 2 nitrogen and oxygen atoms in total. The number of hydrogen-bond donors (Lipinski definition) is 1. The van der Waals surface area contributed by atoms with Gasteiger partial charge in [0.05, 0.1) is 11.8 Å². The van der Waals surface area contributed by atoms with Crippen molar-refractivity contribution in [2.75, 3.05) is 0 Å². The summed E-state index contributed by atoms with van der Waals surface area (Å²) in [5.41, 5.74) is -1.20. The summed E-state index contributed by atoms with van der Waals surface area (Å²) < 4.78 is 27.6. The molecule has 17 heavy (non-hydrogen) atoms. The number of carboxylic acid groups (broad SMARTS) is 1. The molecule has 0 aliphatic heterocycles. The van der Waals surface area contributed by atoms with E-state index in [1.165, 1.54) is 12.1 Å². The van der Waals surface area contributed by atoms with E-state index in [9.17, 15) is 13.6 Å². The van der Waals surface area contributed by atoms with Gasteiger partial charge in [-0.05, 0) is 24.5 Å². The molecule has 0 unspecified atom stereocenters. The zero-order chi connectivity index (χ0) is 12.6. The van der Waals surface area contributed by atoms with Gasteiger partial charge in [-0.15, -0.1) is 11.6 Å². The van der Waals surface area contributed by atoms with Crippen molar-refractivity contribution in [3.05, 3.63) is 35.1 Å². The first kappa shape index (κ1) is 12.3. The van der Waals surface area contributed by atoms with E-state index in [0.717, 1.165) is 6.07 Å². The number of carboxylic acids is 1. The van der Waals surface area contributed by atoms with Crippen LogP contribution < -0.4 is 0 Å². The fourth-order valence-corrected chi connectivity index (χ4v) is 2.28. The van der Waals surface area contributed by atoms with Gasteiger partial charge in [-0.3, -0.25) is 4.79 Å². The number of hydrogen-bond acceptors (Lipinski definition) is 1. The Balaban J connectivity index is 2.19. The molecule has 0 aromatic heterocycles. The summed E-state index contributed by atoms with van der Waals surface area (Å²) in [5, 5.41) is 8.69. The molecule has 0 heterocycles. The molecule has 2 rings (SSSR count). The van der Waals surface area contributed by atoms with E-state index in [2.05, 4.69) is 0 Å². The smallest absolute Gasteiger partial charge is 0.306 e. The molecule has 5 heteroatoms. The molecule has 1 aliphatic carbocycles. The summed E-state index contributed by atoms with van der Waals surface area (Å²) in [6.45, 7) is 0. The topological polar surface area (TPSA) is 37.3 Å². The van der Waals surface area contributed by atoms with E-state index in [0.29, 0.717) is 5.56 Å². The highest BCUT2D eigenvalue weighted by molar-refractivity contribution is 6.17. The summed E-state index contributed by atoms with van der Waals surface area (Å²) in [7, 11) is 0. The van der Waals surface area contributed by atoms with E-state index < -0.39 is 23.4 Å². The van der Waals surface area contributed by atoms with E-state index in [1.807, 2.05) is 0 Å². The molecule has 0 radical (unpaired) electrons. The fourth-order valence-electron chi connectivity index (χ4n) is 2.07. The quantitative estimate of drug-likeness (QED) is 0.848. The minimum absolute atomic E-state index is 0.0309. The molecule has 0 amide bonds. The van der Waals surface area contributed by atoms with Gasteiger partial charge in [0.15, 0.2) is 0 Å². The molecule has 1 aliphatic rings. The second-order valence-electron chi connectivity index (χ2n) is 4.35. The molecule has 1 aromatic carbocycles. The van der Waals surface area contributed by atoms with Crippen LogP contribution in [0.15, 0.2) is 18.2 Å². The van der Waals surface area contributed by atoms with Crippen molar-refractivity contribution < 1.29 is 18.7 Å². The minimum Gasteiger partial charge on any atom is -0.481 e. The second-order valence-corrected chi connectivity index (χ2v) is 4.62. The number of benzene rings is 1. The first-order valence-electron chi connectivity index (χ1n) is 5.23. The first-order valence-corrected chi connectivity index (χ1v) is 5.76. The van der Waals surface area contributed by atoms with Crippen molar-refractivity contribution in [3.63, 3.8) is 0 Å². The molecular formula is C12H11ClF2O2. The average Bonchev–Trinajstić information content (AvgIpc) is 2.24. The highest BCUT2D eigenvalue weighted by Gasteiger charge is 2.49. The third kappa shape index (κ3) is 2.14. The van der Waals surface area contributed by atoms with Gasteiger partial charge in [0.25, 0.3) is 0 Å². The van der Waals surface area contributed by atoms with Gasteiger partial charge in [-0.25, -0.2) is 8.78 Å². The second kappa shape index (κ2) is 4.26. The third-order valence-electron chi connectivity index (χ3n) is 3.20. The van der Waals surface area contributed by atoms with Gasteiger partial charge in [-0.1, -0.05) is 12.1 Å². The third-order valence-corrected chi connectivity index (χ3v) is 3.49. The van der Waals surface area contributed by atoms with Crippen LogP contribution in [0.3, 0.4) is 0 Å². The van der Waals surface area contributed by atoms with Gasteiger partial charge in [0.1, 0.15) is 11.5 Å². The van der Waals surface area contributed by atoms with Gasteiger partial charge in [0, 0.05) is 5.56 Å². The monoisotopic (exact) mass is 260 g/mol. The van der Waals surface area contributed by atoms with Gasteiger partial charge in [0.2, 0.25) is 0 Å². The Morgan fingerprint density at radius 3 is 2.65 bits per heavy atom. The summed E-state index contributed by atoms with van der Waals surface area (Å²) in [6, 6.07) is 4.02. The molecule has 1 fully saturated rings. The molecule has 0 bridgehead atoms. The molecule has 0 saturated heterocycles. The predicted octanol–water partition coefficient (Wildman–Crippen LogP) is 3.22. The number of rotatable bonds is 3. The molecular weight excluding hydrogens is 250 g/mol. The van der Waals surface area contributed by atoms with Crippen molar-refractivity contribution in [2.24, 2.45) is 5.92 Å². The van der Waals surface area contributed by atoms with Crippen LogP contribution in [0.2, 0.25) is 0 Å². The number of halogens is 3. The maximum atomic E-state index is 14.2. The maximum absolute atomic E-state index is 14.2. The van der Waals surface area contributed by atoms with E-state index in [1.54, 1.807) is 0 Å². The van der Waals surface area contributed by atoms with Crippen LogP contribution in [0.5, 0.6) is 0 Å². The Labute approximate surface area is 102 Å². The van der Waals surface area contributed by atoms with Crippen LogP contribution in [-0.2, 0) is 16.3 Å².